The fourth-order valence-corrected chi connectivity index (χ4v) is 2.64. The van der Waals surface area contributed by atoms with Gasteiger partial charge in [0.2, 0.25) is 5.91 Å². The smallest absolute Gasteiger partial charge is 0.238 e. The zero-order chi connectivity index (χ0) is 13.2. The Balaban J connectivity index is 2.60. The molecule has 0 radical (unpaired) electrons. The van der Waals surface area contributed by atoms with Crippen LogP contribution in [0.1, 0.15) is 25.3 Å². The monoisotopic (exact) mass is 239 g/mol. The molecule has 0 fully saturated rings. The summed E-state index contributed by atoms with van der Waals surface area (Å²) in [6.07, 6.45) is 2.99. The van der Waals surface area contributed by atoms with Crippen molar-refractivity contribution in [2.45, 2.75) is 25.2 Å². The molecule has 18 heavy (non-hydrogen) atoms. The average Bonchev–Trinajstić information content (AvgIpc) is 2.61. The number of carbonyl (C=O) groups excluding carboxylic acids is 1. The van der Waals surface area contributed by atoms with Crippen LogP contribution in [-0.4, -0.2) is 13.0 Å². The zero-order valence-electron chi connectivity index (χ0n) is 10.9. The molecule has 2 rings (SSSR count). The number of rotatable bonds is 3. The number of nitrogens with zero attached hydrogens (tertiary/aromatic N) is 1. The Morgan fingerprint density at radius 1 is 1.44 bits per heavy atom. The van der Waals surface area contributed by atoms with Crippen molar-refractivity contribution in [1.29, 1.82) is 0 Å². The van der Waals surface area contributed by atoms with Crippen LogP contribution in [0.2, 0.25) is 0 Å². The van der Waals surface area contributed by atoms with Gasteiger partial charge in [-0.2, -0.15) is 0 Å². The molecular formula is C16H17NO. The second-order valence-corrected chi connectivity index (χ2v) is 4.56. The van der Waals surface area contributed by atoms with Gasteiger partial charge >= 0.3 is 0 Å². The van der Waals surface area contributed by atoms with Gasteiger partial charge in [-0.05, 0) is 25.0 Å². The van der Waals surface area contributed by atoms with Gasteiger partial charge < -0.3 is 4.90 Å². The van der Waals surface area contributed by atoms with Crippen molar-refractivity contribution in [3.8, 4) is 11.8 Å². The Bertz CT molecular complexity index is 550. The molecule has 0 aliphatic carbocycles. The van der Waals surface area contributed by atoms with Crippen LogP contribution in [0.4, 0.5) is 5.69 Å². The minimum Gasteiger partial charge on any atom is -0.314 e. The highest BCUT2D eigenvalue weighted by molar-refractivity contribution is 6.08. The molecule has 0 N–H and O–H groups in total. The molecule has 0 saturated heterocycles. The lowest BCUT2D eigenvalue weighted by Gasteiger charge is -2.24. The maximum atomic E-state index is 12.6. The van der Waals surface area contributed by atoms with Crippen molar-refractivity contribution in [3.63, 3.8) is 0 Å². The molecule has 1 amide bonds. The number of carbonyl (C=O) groups is 1. The first-order chi connectivity index (χ1) is 8.67. The number of para-hydroxylation sites is 1. The summed E-state index contributed by atoms with van der Waals surface area (Å²) in [6, 6.07) is 7.94. The SMILES string of the molecule is C=CC[C@]1(CC#CC)C(=O)N(C)c2ccccc21. The first kappa shape index (κ1) is 12.4. The normalized spacial score (nSPS) is 21.2. The molecule has 1 aliphatic heterocycles. The lowest BCUT2D eigenvalue weighted by atomic mass is 9.76. The summed E-state index contributed by atoms with van der Waals surface area (Å²) in [4.78, 5) is 14.3. The lowest BCUT2D eigenvalue weighted by molar-refractivity contribution is -0.122. The number of hydrogen-bond donors (Lipinski definition) is 0. The number of benzene rings is 1. The van der Waals surface area contributed by atoms with Crippen molar-refractivity contribution in [2.24, 2.45) is 0 Å². The molecule has 2 nitrogen and oxygen atoms in total. The summed E-state index contributed by atoms with van der Waals surface area (Å²) in [5.74, 6) is 6.07. The predicted molar refractivity (Wildman–Crippen MR) is 74.4 cm³/mol. The van der Waals surface area contributed by atoms with Gasteiger partial charge in [0.1, 0.15) is 0 Å². The largest absolute Gasteiger partial charge is 0.314 e. The molecular weight excluding hydrogens is 222 g/mol. The predicted octanol–water partition coefficient (Wildman–Crippen LogP) is 2.89. The van der Waals surface area contributed by atoms with E-state index in [2.05, 4.69) is 18.4 Å². The van der Waals surface area contributed by atoms with Gasteiger partial charge in [0.25, 0.3) is 0 Å². The van der Waals surface area contributed by atoms with Crippen LogP contribution in [0.25, 0.3) is 0 Å². The van der Waals surface area contributed by atoms with Crippen LogP contribution in [0, 0.1) is 11.8 Å². The third-order valence-corrected chi connectivity index (χ3v) is 3.55. The maximum Gasteiger partial charge on any atom is 0.238 e. The van der Waals surface area contributed by atoms with Crippen molar-refractivity contribution >= 4 is 11.6 Å². The zero-order valence-corrected chi connectivity index (χ0v) is 10.9. The van der Waals surface area contributed by atoms with E-state index in [0.29, 0.717) is 12.8 Å². The summed E-state index contributed by atoms with van der Waals surface area (Å²) in [5.41, 5.74) is 1.51. The van der Waals surface area contributed by atoms with Crippen LogP contribution < -0.4 is 4.90 Å². The van der Waals surface area contributed by atoms with Crippen LogP contribution in [0.15, 0.2) is 36.9 Å². The van der Waals surface area contributed by atoms with Gasteiger partial charge in [0, 0.05) is 19.2 Å². The highest BCUT2D eigenvalue weighted by Crippen LogP contribution is 2.45. The summed E-state index contributed by atoms with van der Waals surface area (Å²) in [7, 11) is 1.82. The first-order valence-corrected chi connectivity index (χ1v) is 6.05. The molecule has 2 heteroatoms. The number of hydrogen-bond acceptors (Lipinski definition) is 1. The van der Waals surface area contributed by atoms with E-state index in [0.717, 1.165) is 11.3 Å². The number of amides is 1. The molecule has 0 spiro atoms. The number of likely N-dealkylation sites (N-methyl/N-ethyl adjacent to an activating group) is 1. The summed E-state index contributed by atoms with van der Waals surface area (Å²) < 4.78 is 0. The fraction of sp³-hybridized carbons (Fsp3) is 0.312. The Morgan fingerprint density at radius 2 is 2.17 bits per heavy atom. The van der Waals surface area contributed by atoms with E-state index in [4.69, 9.17) is 0 Å². The van der Waals surface area contributed by atoms with E-state index < -0.39 is 5.41 Å². The van der Waals surface area contributed by atoms with Gasteiger partial charge in [0.15, 0.2) is 0 Å². The van der Waals surface area contributed by atoms with Crippen LogP contribution in [-0.2, 0) is 10.2 Å². The summed E-state index contributed by atoms with van der Waals surface area (Å²) in [5, 5.41) is 0. The van der Waals surface area contributed by atoms with E-state index in [-0.39, 0.29) is 5.91 Å². The van der Waals surface area contributed by atoms with Gasteiger partial charge in [-0.15, -0.1) is 18.4 Å². The highest BCUT2D eigenvalue weighted by Gasteiger charge is 2.47. The van der Waals surface area contributed by atoms with Gasteiger partial charge in [0.05, 0.1) is 5.41 Å². The highest BCUT2D eigenvalue weighted by atomic mass is 16.2. The second kappa shape index (κ2) is 4.70. The van der Waals surface area contributed by atoms with Gasteiger partial charge in [-0.1, -0.05) is 24.3 Å². The van der Waals surface area contributed by atoms with Crippen molar-refractivity contribution in [2.75, 3.05) is 11.9 Å². The Kier molecular flexibility index (Phi) is 3.25. The van der Waals surface area contributed by atoms with E-state index in [1.807, 2.05) is 37.4 Å². The van der Waals surface area contributed by atoms with E-state index in [1.165, 1.54) is 0 Å². The minimum atomic E-state index is -0.546. The van der Waals surface area contributed by atoms with Gasteiger partial charge in [-0.25, -0.2) is 0 Å². The minimum absolute atomic E-state index is 0.117. The molecule has 1 heterocycles. The molecule has 1 aromatic rings. The fourth-order valence-electron chi connectivity index (χ4n) is 2.64. The Morgan fingerprint density at radius 3 is 2.83 bits per heavy atom. The van der Waals surface area contributed by atoms with Crippen LogP contribution >= 0.6 is 0 Å². The third-order valence-electron chi connectivity index (χ3n) is 3.55. The van der Waals surface area contributed by atoms with Crippen LogP contribution in [0.3, 0.4) is 0 Å². The molecule has 1 atom stereocenters. The maximum absolute atomic E-state index is 12.6. The van der Waals surface area contributed by atoms with Crippen molar-refractivity contribution in [3.05, 3.63) is 42.5 Å². The van der Waals surface area contributed by atoms with E-state index in [9.17, 15) is 4.79 Å². The average molecular weight is 239 g/mol. The molecule has 0 saturated carbocycles. The number of fused-ring (bicyclic) bond motifs is 1. The topological polar surface area (TPSA) is 20.3 Å². The van der Waals surface area contributed by atoms with E-state index >= 15 is 0 Å². The Labute approximate surface area is 108 Å². The third kappa shape index (κ3) is 1.64. The second-order valence-electron chi connectivity index (χ2n) is 4.56. The first-order valence-electron chi connectivity index (χ1n) is 6.05. The van der Waals surface area contributed by atoms with Crippen molar-refractivity contribution < 1.29 is 4.79 Å². The Hall–Kier alpha value is -2.01. The number of allylic oxidation sites excluding steroid dienone is 1. The number of anilines is 1. The van der Waals surface area contributed by atoms with Crippen LogP contribution in [0.5, 0.6) is 0 Å². The molecule has 0 bridgehead atoms. The summed E-state index contributed by atoms with van der Waals surface area (Å²) in [6.45, 7) is 5.59. The van der Waals surface area contributed by atoms with Gasteiger partial charge in [-0.3, -0.25) is 4.79 Å². The quantitative estimate of drug-likeness (QED) is 0.586. The molecule has 1 aliphatic rings. The standard InChI is InChI=1S/C16H17NO/c1-4-6-12-16(11-5-2)13-9-7-8-10-14(13)17(3)15(16)18/h5,7-10H,2,11-12H2,1,3H3/t16-/m1/s1. The lowest BCUT2D eigenvalue weighted by Crippen LogP contribution is -2.38. The molecule has 92 valence electrons. The molecule has 0 aromatic heterocycles. The molecule has 1 aromatic carbocycles. The van der Waals surface area contributed by atoms with E-state index in [1.54, 1.807) is 11.8 Å². The molecule has 0 unspecified atom stereocenters. The summed E-state index contributed by atoms with van der Waals surface area (Å²) >= 11 is 0. The van der Waals surface area contributed by atoms with Crippen molar-refractivity contribution in [1.82, 2.24) is 0 Å².